The van der Waals surface area contributed by atoms with Gasteiger partial charge in [0.05, 0.1) is 0 Å². The van der Waals surface area contributed by atoms with Crippen LogP contribution in [0.25, 0.3) is 74.1 Å². The first-order valence-corrected chi connectivity index (χ1v) is 12.7. The van der Waals surface area contributed by atoms with Crippen LogP contribution in [-0.4, -0.2) is 0 Å². The van der Waals surface area contributed by atoms with E-state index in [4.69, 9.17) is 4.42 Å². The fraction of sp³-hybridized carbons (Fsp3) is 0. The third-order valence-corrected chi connectivity index (χ3v) is 8.90. The van der Waals surface area contributed by atoms with E-state index in [1.54, 1.807) is 0 Å². The average molecular weight is 457 g/mol. The van der Waals surface area contributed by atoms with Crippen LogP contribution in [0, 0.1) is 0 Å². The quantitative estimate of drug-likeness (QED) is 0.239. The number of benzene rings is 5. The fourth-order valence-electron chi connectivity index (χ4n) is 5.24. The van der Waals surface area contributed by atoms with Crippen molar-refractivity contribution in [2.75, 3.05) is 0 Å². The summed E-state index contributed by atoms with van der Waals surface area (Å²) in [5.74, 6) is 0. The molecule has 0 N–H and O–H groups in total. The van der Waals surface area contributed by atoms with Crippen LogP contribution in [-0.2, 0) is 0 Å². The number of fused-ring (bicyclic) bond motifs is 10. The summed E-state index contributed by atoms with van der Waals surface area (Å²) in [5, 5.41) is 11.2. The molecule has 0 amide bonds. The maximum absolute atomic E-state index is 6.21. The van der Waals surface area contributed by atoms with E-state index >= 15 is 0 Å². The topological polar surface area (TPSA) is 13.1 Å². The second-order valence-corrected chi connectivity index (χ2v) is 10.5. The molecule has 0 aliphatic carbocycles. The van der Waals surface area contributed by atoms with Gasteiger partial charge in [0.15, 0.2) is 0 Å². The summed E-state index contributed by atoms with van der Waals surface area (Å²) < 4.78 is 10.3. The monoisotopic (exact) mass is 456 g/mol. The van der Waals surface area contributed by atoms with E-state index in [1.165, 1.54) is 62.9 Å². The summed E-state index contributed by atoms with van der Waals surface area (Å²) in [6.07, 6.45) is 0. The lowest BCUT2D eigenvalue weighted by molar-refractivity contribution is 0.669. The molecule has 3 heteroatoms. The molecule has 8 aromatic rings. The van der Waals surface area contributed by atoms with Crippen LogP contribution in [0.4, 0.5) is 0 Å². The van der Waals surface area contributed by atoms with Crippen LogP contribution in [0.5, 0.6) is 0 Å². The van der Waals surface area contributed by atoms with Gasteiger partial charge in [0.25, 0.3) is 0 Å². The molecule has 0 atom stereocenters. The zero-order valence-electron chi connectivity index (χ0n) is 17.5. The zero-order valence-corrected chi connectivity index (χ0v) is 19.1. The lowest BCUT2D eigenvalue weighted by Crippen LogP contribution is -1.83. The van der Waals surface area contributed by atoms with E-state index in [0.29, 0.717) is 0 Å². The van der Waals surface area contributed by atoms with Crippen molar-refractivity contribution in [2.24, 2.45) is 0 Å². The van der Waals surface area contributed by atoms with Crippen molar-refractivity contribution in [3.05, 3.63) is 96.4 Å². The average Bonchev–Trinajstić information content (AvgIpc) is 3.57. The molecule has 0 saturated carbocycles. The third-order valence-electron chi connectivity index (χ3n) is 6.75. The van der Waals surface area contributed by atoms with Gasteiger partial charge in [-0.15, -0.1) is 22.7 Å². The number of rotatable bonds is 1. The summed E-state index contributed by atoms with van der Waals surface area (Å²) in [6.45, 7) is 0. The van der Waals surface area contributed by atoms with Crippen molar-refractivity contribution in [1.29, 1.82) is 0 Å². The minimum absolute atomic E-state index is 0.940. The molecule has 1 nitrogen and oxygen atoms in total. The molecule has 8 rings (SSSR count). The van der Waals surface area contributed by atoms with Gasteiger partial charge in [-0.05, 0) is 63.7 Å². The van der Waals surface area contributed by atoms with Crippen LogP contribution in [0.3, 0.4) is 0 Å². The number of hydrogen-bond donors (Lipinski definition) is 0. The van der Waals surface area contributed by atoms with E-state index in [2.05, 4.69) is 84.2 Å². The Balaban J connectivity index is 1.50. The lowest BCUT2D eigenvalue weighted by atomic mass is 9.95. The Morgan fingerprint density at radius 3 is 2.33 bits per heavy atom. The summed E-state index contributed by atoms with van der Waals surface area (Å²) in [7, 11) is 0. The van der Waals surface area contributed by atoms with Crippen molar-refractivity contribution < 1.29 is 4.42 Å². The van der Waals surface area contributed by atoms with E-state index in [-0.39, 0.29) is 0 Å². The van der Waals surface area contributed by atoms with Crippen molar-refractivity contribution >= 4 is 85.6 Å². The molecule has 0 unspecified atom stereocenters. The number of furan rings is 1. The summed E-state index contributed by atoms with van der Waals surface area (Å²) in [6, 6.07) is 32.9. The maximum atomic E-state index is 6.21. The Kier molecular flexibility index (Phi) is 3.48. The van der Waals surface area contributed by atoms with E-state index in [1.807, 2.05) is 34.8 Å². The van der Waals surface area contributed by atoms with Gasteiger partial charge in [-0.3, -0.25) is 0 Å². The molecule has 5 aromatic carbocycles. The number of para-hydroxylation sites is 1. The molecule has 0 fully saturated rings. The minimum atomic E-state index is 0.940. The van der Waals surface area contributed by atoms with Crippen molar-refractivity contribution in [2.45, 2.75) is 0 Å². The van der Waals surface area contributed by atoms with Crippen LogP contribution < -0.4 is 0 Å². The number of hydrogen-bond acceptors (Lipinski definition) is 3. The Morgan fingerprint density at radius 2 is 1.36 bits per heavy atom. The summed E-state index contributed by atoms with van der Waals surface area (Å²) in [4.78, 5) is 0. The normalized spacial score (nSPS) is 12.2. The molecule has 0 bridgehead atoms. The van der Waals surface area contributed by atoms with Crippen molar-refractivity contribution in [3.63, 3.8) is 0 Å². The smallest absolute Gasteiger partial charge is 0.136 e. The SMILES string of the molecule is c1ccc2c(c1)oc1cc(-c3cc4ccsc4c4c3ccc3c5ccccc5sc34)ccc12. The molecule has 0 aliphatic rings. The largest absolute Gasteiger partial charge is 0.456 e. The van der Waals surface area contributed by atoms with Crippen LogP contribution in [0.1, 0.15) is 0 Å². The molecule has 0 saturated heterocycles. The highest BCUT2D eigenvalue weighted by Gasteiger charge is 2.16. The van der Waals surface area contributed by atoms with Gasteiger partial charge in [0.1, 0.15) is 11.2 Å². The molecule has 0 aliphatic heterocycles. The Labute approximate surface area is 197 Å². The van der Waals surface area contributed by atoms with Gasteiger partial charge in [-0.1, -0.05) is 54.6 Å². The first-order valence-electron chi connectivity index (χ1n) is 11.0. The minimum Gasteiger partial charge on any atom is -0.456 e. The summed E-state index contributed by atoms with van der Waals surface area (Å²) >= 11 is 3.75. The molecule has 3 heterocycles. The zero-order chi connectivity index (χ0) is 21.5. The molecular formula is C30H16OS2. The fourth-order valence-corrected chi connectivity index (χ4v) is 7.51. The van der Waals surface area contributed by atoms with Gasteiger partial charge in [-0.25, -0.2) is 0 Å². The highest BCUT2D eigenvalue weighted by atomic mass is 32.1. The van der Waals surface area contributed by atoms with E-state index in [0.717, 1.165) is 11.2 Å². The highest BCUT2D eigenvalue weighted by molar-refractivity contribution is 7.27. The summed E-state index contributed by atoms with van der Waals surface area (Å²) in [5.41, 5.74) is 4.34. The predicted molar refractivity (Wildman–Crippen MR) is 145 cm³/mol. The van der Waals surface area contributed by atoms with Gasteiger partial charge in [-0.2, -0.15) is 0 Å². The molecular weight excluding hydrogens is 440 g/mol. The first-order chi connectivity index (χ1) is 16.3. The third kappa shape index (κ3) is 2.41. The second kappa shape index (κ2) is 6.44. The molecule has 33 heavy (non-hydrogen) atoms. The van der Waals surface area contributed by atoms with E-state index in [9.17, 15) is 0 Å². The van der Waals surface area contributed by atoms with Gasteiger partial charge >= 0.3 is 0 Å². The standard InChI is InChI=1S/C30H16OS2/c1-3-7-25-19(5-1)20-10-9-17(16-26(20)31-25)24-15-18-13-14-32-29(18)28-22(24)11-12-23-21-6-2-4-8-27(21)33-30(23)28/h1-16H. The maximum Gasteiger partial charge on any atom is 0.136 e. The Morgan fingerprint density at radius 1 is 0.576 bits per heavy atom. The van der Waals surface area contributed by atoms with Crippen molar-refractivity contribution in [3.8, 4) is 11.1 Å². The van der Waals surface area contributed by atoms with Crippen LogP contribution in [0.2, 0.25) is 0 Å². The van der Waals surface area contributed by atoms with Gasteiger partial charge in [0, 0.05) is 41.0 Å². The van der Waals surface area contributed by atoms with Gasteiger partial charge in [0.2, 0.25) is 0 Å². The molecule has 0 radical (unpaired) electrons. The predicted octanol–water partition coefficient (Wildman–Crippen LogP) is 9.99. The van der Waals surface area contributed by atoms with Gasteiger partial charge < -0.3 is 4.42 Å². The first kappa shape index (κ1) is 17.8. The number of thiophene rings is 2. The van der Waals surface area contributed by atoms with Crippen LogP contribution in [0.15, 0.2) is 101 Å². The lowest BCUT2D eigenvalue weighted by Gasteiger charge is -2.10. The molecule has 0 spiro atoms. The van der Waals surface area contributed by atoms with Crippen molar-refractivity contribution in [1.82, 2.24) is 0 Å². The van der Waals surface area contributed by atoms with E-state index < -0.39 is 0 Å². The van der Waals surface area contributed by atoms with Crippen LogP contribution >= 0.6 is 22.7 Å². The molecule has 3 aromatic heterocycles. The second-order valence-electron chi connectivity index (χ2n) is 8.54. The Hall–Kier alpha value is -3.66. The Bertz CT molecular complexity index is 2030. The molecule has 154 valence electrons. The highest BCUT2D eigenvalue weighted by Crippen LogP contribution is 2.46.